The van der Waals surface area contributed by atoms with E-state index in [1.807, 2.05) is 20.8 Å². The molecule has 1 N–H and O–H groups in total. The first-order valence-electron chi connectivity index (χ1n) is 11.9. The van der Waals surface area contributed by atoms with Crippen molar-refractivity contribution in [3.8, 4) is 5.69 Å². The minimum absolute atomic E-state index is 0.166. The van der Waals surface area contributed by atoms with Crippen molar-refractivity contribution in [2.24, 2.45) is 11.8 Å². The highest BCUT2D eigenvalue weighted by Crippen LogP contribution is 2.57. The monoisotopic (exact) mass is 472 g/mol. The average molecular weight is 473 g/mol. The molecule has 2 aromatic rings. The Bertz CT molecular complexity index is 1130. The minimum atomic E-state index is -0.696. The van der Waals surface area contributed by atoms with Crippen LogP contribution in [0.5, 0.6) is 0 Å². The van der Waals surface area contributed by atoms with Crippen LogP contribution in [0.1, 0.15) is 67.7 Å². The van der Waals surface area contributed by atoms with Crippen LogP contribution in [0.4, 0.5) is 13.6 Å². The summed E-state index contributed by atoms with van der Waals surface area (Å²) >= 11 is 0. The lowest BCUT2D eigenvalue weighted by molar-refractivity contribution is 0.0183. The Hall–Kier alpha value is -2.97. The molecule has 34 heavy (non-hydrogen) atoms. The SMILES string of the molecule is CC(C)(C)OC(=O)N1CCC(CNC(=O)c2nn(-c3ccc(F)cc3F)c3c2C[C@H]2C[C@@H]32)CC1. The van der Waals surface area contributed by atoms with E-state index in [4.69, 9.17) is 4.74 Å². The molecule has 7 nitrogen and oxygen atoms in total. The number of nitrogens with one attached hydrogen (secondary N) is 1. The van der Waals surface area contributed by atoms with Gasteiger partial charge in [-0.3, -0.25) is 4.79 Å². The van der Waals surface area contributed by atoms with E-state index in [2.05, 4.69) is 10.4 Å². The molecule has 1 aromatic carbocycles. The number of halogens is 2. The van der Waals surface area contributed by atoms with Gasteiger partial charge in [0, 0.05) is 37.2 Å². The number of carbonyl (C=O) groups is 2. The van der Waals surface area contributed by atoms with Gasteiger partial charge in [-0.05, 0) is 70.4 Å². The van der Waals surface area contributed by atoms with E-state index in [0.717, 1.165) is 43.0 Å². The maximum Gasteiger partial charge on any atom is 0.410 e. The van der Waals surface area contributed by atoms with Gasteiger partial charge in [-0.1, -0.05) is 0 Å². The summed E-state index contributed by atoms with van der Waals surface area (Å²) in [5.41, 5.74) is 1.73. The number of ether oxygens (including phenoxy) is 1. The van der Waals surface area contributed by atoms with Crippen molar-refractivity contribution < 1.29 is 23.1 Å². The summed E-state index contributed by atoms with van der Waals surface area (Å²) in [4.78, 5) is 27.0. The van der Waals surface area contributed by atoms with Gasteiger partial charge in [-0.25, -0.2) is 18.3 Å². The van der Waals surface area contributed by atoms with Gasteiger partial charge >= 0.3 is 6.09 Å². The number of benzene rings is 1. The predicted octanol–water partition coefficient (Wildman–Crippen LogP) is 4.19. The van der Waals surface area contributed by atoms with E-state index in [0.29, 0.717) is 31.2 Å². The molecule has 2 heterocycles. The van der Waals surface area contributed by atoms with Gasteiger partial charge in [0.25, 0.3) is 5.91 Å². The normalized spacial score (nSPS) is 21.7. The second-order valence-electron chi connectivity index (χ2n) is 10.6. The fourth-order valence-corrected chi connectivity index (χ4v) is 5.10. The molecule has 0 radical (unpaired) electrons. The average Bonchev–Trinajstić information content (AvgIpc) is 3.27. The van der Waals surface area contributed by atoms with Gasteiger partial charge in [-0.15, -0.1) is 0 Å². The van der Waals surface area contributed by atoms with Gasteiger partial charge in [0.1, 0.15) is 17.1 Å². The van der Waals surface area contributed by atoms with Crippen LogP contribution in [0, 0.1) is 23.5 Å². The summed E-state index contributed by atoms with van der Waals surface area (Å²) in [5, 5.41) is 7.47. The Morgan fingerprint density at radius 1 is 1.21 bits per heavy atom. The quantitative estimate of drug-likeness (QED) is 0.724. The molecule has 5 rings (SSSR count). The molecule has 2 aliphatic carbocycles. The lowest BCUT2D eigenvalue weighted by atomic mass is 9.97. The van der Waals surface area contributed by atoms with Gasteiger partial charge in [0.15, 0.2) is 11.5 Å². The Morgan fingerprint density at radius 3 is 2.62 bits per heavy atom. The lowest BCUT2D eigenvalue weighted by Gasteiger charge is -2.33. The van der Waals surface area contributed by atoms with Gasteiger partial charge < -0.3 is 15.0 Å². The van der Waals surface area contributed by atoms with Gasteiger partial charge in [0.2, 0.25) is 0 Å². The van der Waals surface area contributed by atoms with Gasteiger partial charge in [0.05, 0.1) is 5.69 Å². The smallest absolute Gasteiger partial charge is 0.410 e. The standard InChI is InChI=1S/C25H30F2N4O3/c1-25(2,3)34-24(33)30-8-6-14(7-9-30)13-28-23(32)21-18-11-15-10-17(15)22(18)31(29-21)20-5-4-16(26)12-19(20)27/h4-5,12,14-15,17H,6-11,13H2,1-3H3,(H,28,32)/t15-,17-/m1/s1. The summed E-state index contributed by atoms with van der Waals surface area (Å²) in [7, 11) is 0. The van der Waals surface area contributed by atoms with E-state index in [1.54, 1.807) is 4.90 Å². The molecule has 1 aliphatic heterocycles. The van der Waals surface area contributed by atoms with Crippen LogP contribution in [0.25, 0.3) is 5.69 Å². The van der Waals surface area contributed by atoms with Crippen molar-refractivity contribution >= 4 is 12.0 Å². The molecule has 1 saturated heterocycles. The predicted molar refractivity (Wildman–Crippen MR) is 121 cm³/mol. The summed E-state index contributed by atoms with van der Waals surface area (Å²) in [6.45, 7) is 7.21. The zero-order valence-corrected chi connectivity index (χ0v) is 19.7. The highest BCUT2D eigenvalue weighted by molar-refractivity contribution is 5.94. The van der Waals surface area contributed by atoms with Crippen LogP contribution in [0.3, 0.4) is 0 Å². The van der Waals surface area contributed by atoms with E-state index >= 15 is 0 Å². The van der Waals surface area contributed by atoms with Crippen molar-refractivity contribution in [1.29, 1.82) is 0 Å². The van der Waals surface area contributed by atoms with Crippen molar-refractivity contribution in [1.82, 2.24) is 20.0 Å². The molecule has 0 bridgehead atoms. The van der Waals surface area contributed by atoms with E-state index < -0.39 is 17.2 Å². The number of aromatic nitrogens is 2. The number of amides is 2. The third kappa shape index (κ3) is 4.40. The zero-order valence-electron chi connectivity index (χ0n) is 19.7. The molecular formula is C25H30F2N4O3. The van der Waals surface area contributed by atoms with Crippen LogP contribution in [0.15, 0.2) is 18.2 Å². The molecule has 0 unspecified atom stereocenters. The molecule has 1 aromatic heterocycles. The van der Waals surface area contributed by atoms with Crippen LogP contribution in [0.2, 0.25) is 0 Å². The number of fused-ring (bicyclic) bond motifs is 3. The van der Waals surface area contributed by atoms with Crippen molar-refractivity contribution in [3.05, 3.63) is 46.8 Å². The van der Waals surface area contributed by atoms with Crippen LogP contribution in [-0.4, -0.2) is 51.9 Å². The zero-order chi connectivity index (χ0) is 24.2. The highest BCUT2D eigenvalue weighted by Gasteiger charge is 2.50. The number of carbonyl (C=O) groups excluding carboxylic acids is 2. The lowest BCUT2D eigenvalue weighted by Crippen LogP contribution is -2.43. The fourth-order valence-electron chi connectivity index (χ4n) is 5.10. The number of piperidine rings is 1. The summed E-state index contributed by atoms with van der Waals surface area (Å²) in [6.07, 6.45) is 3.02. The largest absolute Gasteiger partial charge is 0.444 e. The molecule has 0 spiro atoms. The Morgan fingerprint density at radius 2 is 1.94 bits per heavy atom. The van der Waals surface area contributed by atoms with Crippen LogP contribution < -0.4 is 5.32 Å². The Balaban J connectivity index is 1.24. The highest BCUT2D eigenvalue weighted by atomic mass is 19.1. The Labute approximate surface area is 197 Å². The summed E-state index contributed by atoms with van der Waals surface area (Å²) in [6, 6.07) is 3.41. The first-order valence-corrected chi connectivity index (χ1v) is 11.9. The van der Waals surface area contributed by atoms with Crippen LogP contribution >= 0.6 is 0 Å². The molecule has 2 amide bonds. The van der Waals surface area contributed by atoms with Crippen molar-refractivity contribution in [3.63, 3.8) is 0 Å². The number of likely N-dealkylation sites (tertiary alicyclic amines) is 1. The maximum atomic E-state index is 14.5. The minimum Gasteiger partial charge on any atom is -0.444 e. The molecule has 182 valence electrons. The first kappa shape index (κ1) is 22.8. The molecule has 2 fully saturated rings. The first-order chi connectivity index (χ1) is 16.1. The third-order valence-corrected chi connectivity index (χ3v) is 6.93. The molecule has 9 heteroatoms. The topological polar surface area (TPSA) is 76.5 Å². The van der Waals surface area contributed by atoms with E-state index in [9.17, 15) is 18.4 Å². The third-order valence-electron chi connectivity index (χ3n) is 6.93. The number of hydrogen-bond acceptors (Lipinski definition) is 4. The maximum absolute atomic E-state index is 14.5. The Kier molecular flexibility index (Phi) is 5.61. The summed E-state index contributed by atoms with van der Waals surface area (Å²) < 4.78 is 34.8. The summed E-state index contributed by atoms with van der Waals surface area (Å²) in [5.74, 6) is -0.602. The van der Waals surface area contributed by atoms with Crippen molar-refractivity contribution in [2.75, 3.05) is 19.6 Å². The molecule has 2 atom stereocenters. The van der Waals surface area contributed by atoms with E-state index in [1.165, 1.54) is 16.8 Å². The second-order valence-corrected chi connectivity index (χ2v) is 10.6. The fraction of sp³-hybridized carbons (Fsp3) is 0.560. The number of rotatable bonds is 4. The van der Waals surface area contributed by atoms with Gasteiger partial charge in [-0.2, -0.15) is 5.10 Å². The van der Waals surface area contributed by atoms with E-state index in [-0.39, 0.29) is 29.5 Å². The molecule has 1 saturated carbocycles. The van der Waals surface area contributed by atoms with Crippen LogP contribution in [-0.2, 0) is 11.2 Å². The number of nitrogens with zero attached hydrogens (tertiary/aromatic N) is 3. The second kappa shape index (κ2) is 8.36. The molecular weight excluding hydrogens is 442 g/mol. The number of hydrogen-bond donors (Lipinski definition) is 1. The van der Waals surface area contributed by atoms with Crippen molar-refractivity contribution in [2.45, 2.75) is 58.0 Å². The molecule has 3 aliphatic rings.